The van der Waals surface area contributed by atoms with Gasteiger partial charge in [-0.25, -0.2) is 13.8 Å². The number of likely N-dealkylation sites (tertiary alicyclic amines) is 1. The van der Waals surface area contributed by atoms with E-state index in [4.69, 9.17) is 4.74 Å². The molecule has 0 saturated carbocycles. The number of halogens is 2. The van der Waals surface area contributed by atoms with Gasteiger partial charge in [-0.3, -0.25) is 4.79 Å². The molecule has 1 aliphatic heterocycles. The second-order valence-electron chi connectivity index (χ2n) is 7.53. The van der Waals surface area contributed by atoms with Gasteiger partial charge in [0.15, 0.2) is 11.6 Å². The lowest BCUT2D eigenvalue weighted by Crippen LogP contribution is -2.33. The summed E-state index contributed by atoms with van der Waals surface area (Å²) in [4.78, 5) is 19.1. The molecule has 1 N–H and O–H groups in total. The second kappa shape index (κ2) is 10.4. The molecule has 0 radical (unpaired) electrons. The maximum atomic E-state index is 13.5. The number of allylic oxidation sites excluding steroid dienone is 3. The number of hydrogen-bond donors (Lipinski definition) is 1. The maximum Gasteiger partial charge on any atom is 0.249 e. The molecule has 172 valence electrons. The number of methoxy groups -OCH3 is 1. The highest BCUT2D eigenvalue weighted by atomic mass is 19.2. The monoisotopic (exact) mass is 444 g/mol. The Morgan fingerprint density at radius 2 is 1.97 bits per heavy atom. The van der Waals surface area contributed by atoms with Crippen LogP contribution in [0.25, 0.3) is 5.70 Å². The van der Waals surface area contributed by atoms with Crippen LogP contribution in [-0.4, -0.2) is 40.1 Å². The number of amides is 1. The fraction of sp³-hybridized carbons (Fsp3) is 0.417. The van der Waals surface area contributed by atoms with Crippen LogP contribution in [0, 0.1) is 18.6 Å². The van der Waals surface area contributed by atoms with E-state index in [-0.39, 0.29) is 5.91 Å². The Morgan fingerprint density at radius 3 is 2.62 bits per heavy atom. The molecule has 1 aliphatic carbocycles. The minimum Gasteiger partial charge on any atom is -0.495 e. The molecule has 1 fully saturated rings. The van der Waals surface area contributed by atoms with Gasteiger partial charge in [-0.2, -0.15) is 0 Å². The van der Waals surface area contributed by atoms with Crippen molar-refractivity contribution in [2.24, 2.45) is 0 Å². The molecule has 1 aromatic carbocycles. The van der Waals surface area contributed by atoms with E-state index in [2.05, 4.69) is 10.3 Å². The lowest BCUT2D eigenvalue weighted by Gasteiger charge is -2.20. The first kappa shape index (κ1) is 23.5. The van der Waals surface area contributed by atoms with Crippen molar-refractivity contribution < 1.29 is 18.3 Å². The topological polar surface area (TPSA) is 59.4 Å². The number of aryl methyl sites for hydroxylation is 1. The second-order valence-corrected chi connectivity index (χ2v) is 7.53. The van der Waals surface area contributed by atoms with Gasteiger partial charge in [0.25, 0.3) is 0 Å². The van der Waals surface area contributed by atoms with Crippen LogP contribution in [0.4, 0.5) is 14.5 Å². The van der Waals surface area contributed by atoms with Crippen LogP contribution < -0.4 is 5.32 Å². The summed E-state index contributed by atoms with van der Waals surface area (Å²) in [5.41, 5.74) is 3.22. The van der Waals surface area contributed by atoms with E-state index in [1.165, 1.54) is 6.07 Å². The van der Waals surface area contributed by atoms with Crippen LogP contribution in [0.5, 0.6) is 0 Å². The van der Waals surface area contributed by atoms with Gasteiger partial charge >= 0.3 is 0 Å². The van der Waals surface area contributed by atoms with E-state index in [0.717, 1.165) is 48.5 Å². The molecule has 4 rings (SSSR count). The number of benzene rings is 1. The first-order valence-electron chi connectivity index (χ1n) is 11.0. The van der Waals surface area contributed by atoms with Gasteiger partial charge < -0.3 is 19.5 Å². The Labute approximate surface area is 187 Å². The molecule has 1 amide bonds. The molecule has 8 heteroatoms. The summed E-state index contributed by atoms with van der Waals surface area (Å²) in [5.74, 6) is -1.22. The average molecular weight is 445 g/mol. The average Bonchev–Trinajstić information content (AvgIpc) is 3.31. The summed E-state index contributed by atoms with van der Waals surface area (Å²) in [6.45, 7) is 6.49. The van der Waals surface area contributed by atoms with Crippen LogP contribution in [0.1, 0.15) is 45.2 Å². The van der Waals surface area contributed by atoms with Crippen molar-refractivity contribution >= 4 is 17.3 Å². The van der Waals surface area contributed by atoms with Crippen LogP contribution in [0.2, 0.25) is 0 Å². The number of anilines is 1. The number of carbonyl (C=O) groups excluding carboxylic acids is 1. The lowest BCUT2D eigenvalue weighted by molar-refractivity contribution is -0.126. The minimum absolute atomic E-state index is 0.0802. The van der Waals surface area contributed by atoms with E-state index in [1.807, 2.05) is 37.6 Å². The van der Waals surface area contributed by atoms with Crippen LogP contribution in [-0.2, 0) is 9.53 Å². The van der Waals surface area contributed by atoms with Gasteiger partial charge in [-0.15, -0.1) is 0 Å². The molecule has 2 aliphatic rings. The van der Waals surface area contributed by atoms with Crippen LogP contribution in [0.15, 0.2) is 48.3 Å². The molecule has 1 unspecified atom stereocenters. The molecular weight excluding hydrogens is 414 g/mol. The van der Waals surface area contributed by atoms with E-state index >= 15 is 0 Å². The predicted molar refractivity (Wildman–Crippen MR) is 121 cm³/mol. The van der Waals surface area contributed by atoms with E-state index in [1.54, 1.807) is 18.3 Å². The summed E-state index contributed by atoms with van der Waals surface area (Å²) < 4.78 is 34.2. The third-order valence-electron chi connectivity index (χ3n) is 5.48. The summed E-state index contributed by atoms with van der Waals surface area (Å²) in [5, 5.41) is 3.03. The summed E-state index contributed by atoms with van der Waals surface area (Å²) in [6.07, 6.45) is 8.65. The third kappa shape index (κ3) is 5.00. The van der Waals surface area contributed by atoms with Gasteiger partial charge in [0, 0.05) is 36.3 Å². The van der Waals surface area contributed by atoms with Crippen LogP contribution >= 0.6 is 0 Å². The molecule has 1 aromatic heterocycles. The molecule has 0 spiro atoms. The van der Waals surface area contributed by atoms with E-state index < -0.39 is 17.7 Å². The van der Waals surface area contributed by atoms with Crippen molar-refractivity contribution in [3.8, 4) is 0 Å². The Morgan fingerprint density at radius 1 is 1.19 bits per heavy atom. The highest BCUT2D eigenvalue weighted by Crippen LogP contribution is 2.31. The number of hydrogen-bond acceptors (Lipinski definition) is 4. The van der Waals surface area contributed by atoms with Crippen molar-refractivity contribution in [3.05, 3.63) is 65.6 Å². The highest BCUT2D eigenvalue weighted by molar-refractivity contribution is 5.88. The maximum absolute atomic E-state index is 13.5. The molecule has 2 aromatic rings. The molecule has 32 heavy (non-hydrogen) atoms. The van der Waals surface area contributed by atoms with Crippen molar-refractivity contribution in [2.75, 3.05) is 19.0 Å². The Balaban J connectivity index is 0.00000141. The Hall–Kier alpha value is -3.16. The zero-order valence-electron chi connectivity index (χ0n) is 19.0. The fourth-order valence-electron chi connectivity index (χ4n) is 3.97. The first-order chi connectivity index (χ1) is 15.5. The molecule has 0 bridgehead atoms. The van der Waals surface area contributed by atoms with Crippen molar-refractivity contribution in [2.45, 2.75) is 52.5 Å². The molecule has 2 heterocycles. The SMILES string of the molecule is CC.COC1=C(n2cnc(C)c2)CCCC(N2CCC(Nc3ccc(F)c(F)c3)C2=O)=C1. The Kier molecular flexibility index (Phi) is 7.66. The zero-order valence-corrected chi connectivity index (χ0v) is 19.0. The van der Waals surface area contributed by atoms with Gasteiger partial charge in [0.1, 0.15) is 11.8 Å². The van der Waals surface area contributed by atoms with Crippen LogP contribution in [0.3, 0.4) is 0 Å². The minimum atomic E-state index is -0.939. The quantitative estimate of drug-likeness (QED) is 0.698. The summed E-state index contributed by atoms with van der Waals surface area (Å²) in [7, 11) is 1.62. The van der Waals surface area contributed by atoms with Gasteiger partial charge in [0.2, 0.25) is 5.91 Å². The standard InChI is InChI=1S/C22H24F2N4O2.C2H6/c1-14-12-27(13-25-14)20-5-3-4-16(11-21(20)30-2)28-9-8-19(22(28)29)26-15-6-7-17(23)18(24)10-15;1-2/h6-7,10-13,19,26H,3-5,8-9H2,1-2H3;1-2H3. The number of nitrogens with one attached hydrogen (secondary N) is 1. The molecular formula is C24H30F2N4O2. The van der Waals surface area contributed by atoms with Gasteiger partial charge in [0.05, 0.1) is 24.8 Å². The molecule has 6 nitrogen and oxygen atoms in total. The smallest absolute Gasteiger partial charge is 0.249 e. The number of carbonyl (C=O) groups is 1. The van der Waals surface area contributed by atoms with Crippen molar-refractivity contribution in [3.63, 3.8) is 0 Å². The highest BCUT2D eigenvalue weighted by Gasteiger charge is 2.34. The molecule has 1 saturated heterocycles. The number of ether oxygens (including phenoxy) is 1. The first-order valence-corrected chi connectivity index (χ1v) is 11.0. The fourth-order valence-corrected chi connectivity index (χ4v) is 3.97. The predicted octanol–water partition coefficient (Wildman–Crippen LogP) is 5.09. The Bertz CT molecular complexity index is 1030. The zero-order chi connectivity index (χ0) is 23.3. The molecule has 1 atom stereocenters. The third-order valence-corrected chi connectivity index (χ3v) is 5.48. The number of imidazole rings is 1. The number of nitrogens with zero attached hydrogens (tertiary/aromatic N) is 3. The van der Waals surface area contributed by atoms with Gasteiger partial charge in [-0.1, -0.05) is 13.8 Å². The summed E-state index contributed by atoms with van der Waals surface area (Å²) in [6, 6.07) is 3.08. The van der Waals surface area contributed by atoms with Crippen molar-refractivity contribution in [1.29, 1.82) is 0 Å². The largest absolute Gasteiger partial charge is 0.495 e. The summed E-state index contributed by atoms with van der Waals surface area (Å²) >= 11 is 0. The van der Waals surface area contributed by atoms with E-state index in [0.29, 0.717) is 24.4 Å². The van der Waals surface area contributed by atoms with Gasteiger partial charge in [-0.05, 0) is 44.7 Å². The van der Waals surface area contributed by atoms with Crippen molar-refractivity contribution in [1.82, 2.24) is 14.5 Å². The lowest BCUT2D eigenvalue weighted by atomic mass is 10.2. The number of rotatable bonds is 5. The normalized spacial score (nSPS) is 18.7. The number of aromatic nitrogens is 2. The van der Waals surface area contributed by atoms with E-state index in [9.17, 15) is 13.6 Å².